The number of benzene rings is 1. The summed E-state index contributed by atoms with van der Waals surface area (Å²) in [4.78, 5) is 29.4. The normalized spacial score (nSPS) is 24.6. The summed E-state index contributed by atoms with van der Waals surface area (Å²) >= 11 is 0. The van der Waals surface area contributed by atoms with Crippen molar-refractivity contribution in [3.05, 3.63) is 35.6 Å². The van der Waals surface area contributed by atoms with Crippen molar-refractivity contribution in [3.8, 4) is 0 Å². The van der Waals surface area contributed by atoms with E-state index in [0.29, 0.717) is 39.1 Å². The van der Waals surface area contributed by atoms with Crippen LogP contribution in [0.25, 0.3) is 0 Å². The number of hydrogen-bond acceptors (Lipinski definition) is 4. The average molecular weight is 349 g/mol. The lowest BCUT2D eigenvalue weighted by Crippen LogP contribution is -2.52. The molecule has 0 spiro atoms. The number of nitrogens with zero attached hydrogens (tertiary/aromatic N) is 3. The molecular weight excluding hydrogens is 325 g/mol. The Morgan fingerprint density at radius 2 is 1.88 bits per heavy atom. The molecule has 6 nitrogen and oxygen atoms in total. The van der Waals surface area contributed by atoms with E-state index in [1.807, 2.05) is 11.0 Å². The molecule has 2 atom stereocenters. The largest absolute Gasteiger partial charge is 0.392 e. The standard InChI is InChI=1S/C18H24FN3O3/c1-13(23)20-5-7-21(8-6-20)18(25)12-22-11-16(24)10-17(22)14-3-2-4-15(19)9-14/h2-4,9,16-17,24H,5-8,10-12H2,1H3/t16-,17-/m0/s1. The van der Waals surface area contributed by atoms with Gasteiger partial charge in [0.05, 0.1) is 12.6 Å². The van der Waals surface area contributed by atoms with Gasteiger partial charge in [0.25, 0.3) is 0 Å². The van der Waals surface area contributed by atoms with E-state index in [1.54, 1.807) is 15.9 Å². The number of β-amino-alcohol motifs (C(OH)–C–C–N with tert-alkyl or cyclic N) is 1. The number of likely N-dealkylation sites (tertiary alicyclic amines) is 1. The monoisotopic (exact) mass is 349 g/mol. The molecule has 2 aliphatic rings. The summed E-state index contributed by atoms with van der Waals surface area (Å²) in [5.41, 5.74) is 0.783. The molecule has 2 saturated heterocycles. The molecule has 2 aliphatic heterocycles. The lowest BCUT2D eigenvalue weighted by molar-refractivity contribution is -0.139. The minimum atomic E-state index is -0.518. The number of carbonyl (C=O) groups excluding carboxylic acids is 2. The molecule has 3 rings (SSSR count). The number of carbonyl (C=O) groups is 2. The van der Waals surface area contributed by atoms with Gasteiger partial charge in [0, 0.05) is 45.7 Å². The van der Waals surface area contributed by atoms with Gasteiger partial charge in [0.15, 0.2) is 0 Å². The van der Waals surface area contributed by atoms with Crippen LogP contribution in [0.3, 0.4) is 0 Å². The van der Waals surface area contributed by atoms with Gasteiger partial charge in [-0.2, -0.15) is 0 Å². The zero-order chi connectivity index (χ0) is 18.0. The molecule has 7 heteroatoms. The molecular formula is C18H24FN3O3. The Kier molecular flexibility index (Phi) is 5.34. The molecule has 0 unspecified atom stereocenters. The highest BCUT2D eigenvalue weighted by Crippen LogP contribution is 2.32. The van der Waals surface area contributed by atoms with E-state index in [0.717, 1.165) is 5.56 Å². The lowest BCUT2D eigenvalue weighted by atomic mass is 10.0. The Labute approximate surface area is 146 Å². The van der Waals surface area contributed by atoms with Gasteiger partial charge in [0.1, 0.15) is 5.82 Å². The van der Waals surface area contributed by atoms with E-state index in [1.165, 1.54) is 19.1 Å². The van der Waals surface area contributed by atoms with Crippen LogP contribution in [0, 0.1) is 5.82 Å². The van der Waals surface area contributed by atoms with Gasteiger partial charge < -0.3 is 14.9 Å². The smallest absolute Gasteiger partial charge is 0.236 e. The summed E-state index contributed by atoms with van der Waals surface area (Å²) in [5.74, 6) is -0.301. The van der Waals surface area contributed by atoms with Crippen LogP contribution in [0.15, 0.2) is 24.3 Å². The Morgan fingerprint density at radius 3 is 2.52 bits per heavy atom. The highest BCUT2D eigenvalue weighted by atomic mass is 19.1. The molecule has 1 aromatic carbocycles. The second-order valence-corrected chi connectivity index (χ2v) is 6.78. The van der Waals surface area contributed by atoms with Crippen molar-refractivity contribution in [3.63, 3.8) is 0 Å². The van der Waals surface area contributed by atoms with Gasteiger partial charge in [-0.15, -0.1) is 0 Å². The Hall–Kier alpha value is -1.99. The third-order valence-electron chi connectivity index (χ3n) is 5.03. The molecule has 136 valence electrons. The van der Waals surface area contributed by atoms with Crippen molar-refractivity contribution in [1.82, 2.24) is 14.7 Å². The number of piperazine rings is 1. The summed E-state index contributed by atoms with van der Waals surface area (Å²) in [7, 11) is 0. The fourth-order valence-corrected chi connectivity index (χ4v) is 3.66. The van der Waals surface area contributed by atoms with Crippen LogP contribution in [-0.4, -0.2) is 77.0 Å². The predicted octanol–water partition coefficient (Wildman–Crippen LogP) is 0.624. The minimum absolute atomic E-state index is 0.0151. The van der Waals surface area contributed by atoms with Crippen LogP contribution < -0.4 is 0 Å². The summed E-state index contributed by atoms with van der Waals surface area (Å²) in [5, 5.41) is 10.0. The Bertz CT molecular complexity index is 646. The first-order valence-corrected chi connectivity index (χ1v) is 8.65. The van der Waals surface area contributed by atoms with Crippen molar-refractivity contribution in [2.24, 2.45) is 0 Å². The molecule has 2 fully saturated rings. The number of amides is 2. The maximum absolute atomic E-state index is 13.5. The zero-order valence-electron chi connectivity index (χ0n) is 14.4. The fourth-order valence-electron chi connectivity index (χ4n) is 3.66. The Balaban J connectivity index is 1.62. The van der Waals surface area contributed by atoms with Crippen molar-refractivity contribution < 1.29 is 19.1 Å². The molecule has 2 amide bonds. The van der Waals surface area contributed by atoms with E-state index in [-0.39, 0.29) is 30.2 Å². The van der Waals surface area contributed by atoms with Gasteiger partial charge >= 0.3 is 0 Å². The van der Waals surface area contributed by atoms with Gasteiger partial charge in [-0.1, -0.05) is 12.1 Å². The first-order chi connectivity index (χ1) is 11.9. The second-order valence-electron chi connectivity index (χ2n) is 6.78. The van der Waals surface area contributed by atoms with Crippen molar-refractivity contribution in [1.29, 1.82) is 0 Å². The topological polar surface area (TPSA) is 64.1 Å². The minimum Gasteiger partial charge on any atom is -0.392 e. The molecule has 2 heterocycles. The molecule has 0 aromatic heterocycles. The number of aliphatic hydroxyl groups is 1. The molecule has 25 heavy (non-hydrogen) atoms. The van der Waals surface area contributed by atoms with Crippen molar-refractivity contribution >= 4 is 11.8 Å². The second kappa shape index (κ2) is 7.49. The van der Waals surface area contributed by atoms with E-state index < -0.39 is 6.10 Å². The van der Waals surface area contributed by atoms with Crippen LogP contribution >= 0.6 is 0 Å². The van der Waals surface area contributed by atoms with E-state index in [2.05, 4.69) is 0 Å². The molecule has 0 bridgehead atoms. The lowest BCUT2D eigenvalue weighted by Gasteiger charge is -2.35. The molecule has 1 N–H and O–H groups in total. The number of hydrogen-bond donors (Lipinski definition) is 1. The molecule has 0 saturated carbocycles. The summed E-state index contributed by atoms with van der Waals surface area (Å²) < 4.78 is 13.5. The van der Waals surface area contributed by atoms with Gasteiger partial charge in [-0.25, -0.2) is 4.39 Å². The molecule has 1 aromatic rings. The maximum atomic E-state index is 13.5. The van der Waals surface area contributed by atoms with Crippen molar-refractivity contribution in [2.45, 2.75) is 25.5 Å². The van der Waals surface area contributed by atoms with Crippen molar-refractivity contribution in [2.75, 3.05) is 39.3 Å². The van der Waals surface area contributed by atoms with Crippen LogP contribution in [0.2, 0.25) is 0 Å². The summed E-state index contributed by atoms with van der Waals surface area (Å²) in [6.07, 6.45) is -0.0230. The number of aliphatic hydroxyl groups excluding tert-OH is 1. The molecule has 0 aliphatic carbocycles. The third-order valence-corrected chi connectivity index (χ3v) is 5.03. The van der Waals surface area contributed by atoms with Gasteiger partial charge in [0.2, 0.25) is 11.8 Å². The Morgan fingerprint density at radius 1 is 1.20 bits per heavy atom. The van der Waals surface area contributed by atoms with Crippen LogP contribution in [-0.2, 0) is 9.59 Å². The highest BCUT2D eigenvalue weighted by Gasteiger charge is 2.34. The maximum Gasteiger partial charge on any atom is 0.236 e. The van der Waals surface area contributed by atoms with E-state index in [9.17, 15) is 19.1 Å². The third kappa shape index (κ3) is 4.16. The number of halogens is 1. The quantitative estimate of drug-likeness (QED) is 0.869. The summed E-state index contributed by atoms with van der Waals surface area (Å²) in [6.45, 7) is 4.29. The van der Waals surface area contributed by atoms with Gasteiger partial charge in [-0.05, 0) is 24.1 Å². The first-order valence-electron chi connectivity index (χ1n) is 8.65. The highest BCUT2D eigenvalue weighted by molar-refractivity contribution is 5.79. The number of rotatable bonds is 3. The van der Waals surface area contributed by atoms with Crippen LogP contribution in [0.4, 0.5) is 4.39 Å². The van der Waals surface area contributed by atoms with E-state index in [4.69, 9.17) is 0 Å². The zero-order valence-corrected chi connectivity index (χ0v) is 14.4. The predicted molar refractivity (Wildman–Crippen MR) is 90.2 cm³/mol. The SMILES string of the molecule is CC(=O)N1CCN(C(=O)CN2C[C@@H](O)C[C@H]2c2cccc(F)c2)CC1. The van der Waals surface area contributed by atoms with E-state index >= 15 is 0 Å². The first kappa shape index (κ1) is 17.8. The van der Waals surface area contributed by atoms with Crippen LogP contribution in [0.5, 0.6) is 0 Å². The summed E-state index contributed by atoms with van der Waals surface area (Å²) in [6, 6.07) is 6.17. The average Bonchev–Trinajstić information content (AvgIpc) is 2.95. The fraction of sp³-hybridized carbons (Fsp3) is 0.556. The van der Waals surface area contributed by atoms with Gasteiger partial charge in [-0.3, -0.25) is 14.5 Å². The van der Waals surface area contributed by atoms with Crippen LogP contribution in [0.1, 0.15) is 24.9 Å². The molecule has 0 radical (unpaired) electrons.